The van der Waals surface area contributed by atoms with Crippen molar-refractivity contribution in [1.29, 1.82) is 0 Å². The van der Waals surface area contributed by atoms with Gasteiger partial charge < -0.3 is 38.1 Å². The van der Waals surface area contributed by atoms with Gasteiger partial charge in [-0.25, -0.2) is 17.8 Å². The minimum atomic E-state index is -3.96. The quantitative estimate of drug-likeness (QED) is 0.180. The van der Waals surface area contributed by atoms with Crippen molar-refractivity contribution >= 4 is 38.4 Å². The first-order valence-corrected chi connectivity index (χ1v) is 19.2. The van der Waals surface area contributed by atoms with Crippen LogP contribution in [-0.4, -0.2) is 84.2 Å². The molecule has 1 aromatic heterocycles. The molecule has 292 valence electrons. The van der Waals surface area contributed by atoms with Crippen LogP contribution in [-0.2, 0) is 42.2 Å². The third kappa shape index (κ3) is 6.45. The van der Waals surface area contributed by atoms with Crippen LogP contribution in [0.1, 0.15) is 34.4 Å². The number of aromatic nitrogens is 3. The summed E-state index contributed by atoms with van der Waals surface area (Å²) in [5, 5.41) is 9.51. The SMILES string of the molecule is COc1cc([C@@H]2c3cc4c(cc3[C@H](OC(=O)Cn3cc(CNS(=O)(=O)c5cccc6c(N(C)C)cccc56)nn3)[C@H]3COC(=O)[C@H]23)OCO4)cc(OC)c1OC. The lowest BCUT2D eigenvalue weighted by molar-refractivity contribution is -0.155. The van der Waals surface area contributed by atoms with E-state index >= 15 is 0 Å². The van der Waals surface area contributed by atoms with Crippen LogP contribution in [0.25, 0.3) is 10.8 Å². The average molecular weight is 786 g/mol. The van der Waals surface area contributed by atoms with Gasteiger partial charge in [0.05, 0.1) is 57.2 Å². The second-order valence-electron chi connectivity index (χ2n) is 13.8. The van der Waals surface area contributed by atoms with Gasteiger partial charge in [0.15, 0.2) is 23.0 Å². The van der Waals surface area contributed by atoms with Gasteiger partial charge in [-0.3, -0.25) is 9.59 Å². The number of rotatable bonds is 12. The Kier molecular flexibility index (Phi) is 9.58. The van der Waals surface area contributed by atoms with Gasteiger partial charge in [0.25, 0.3) is 0 Å². The van der Waals surface area contributed by atoms with E-state index in [1.54, 1.807) is 42.5 Å². The highest BCUT2D eigenvalue weighted by molar-refractivity contribution is 7.89. The molecule has 0 radical (unpaired) electrons. The molecule has 0 amide bonds. The van der Waals surface area contributed by atoms with Gasteiger partial charge in [0.2, 0.25) is 22.6 Å². The molecule has 16 nitrogen and oxygen atoms in total. The Morgan fingerprint density at radius 3 is 2.32 bits per heavy atom. The third-order valence-electron chi connectivity index (χ3n) is 10.4. The van der Waals surface area contributed by atoms with Gasteiger partial charge in [0, 0.05) is 48.0 Å². The van der Waals surface area contributed by atoms with Crippen LogP contribution in [0.4, 0.5) is 5.69 Å². The number of nitrogens with one attached hydrogen (secondary N) is 1. The predicted octanol–water partition coefficient (Wildman–Crippen LogP) is 3.95. The summed E-state index contributed by atoms with van der Waals surface area (Å²) in [7, 11) is 4.37. The first-order valence-electron chi connectivity index (χ1n) is 17.7. The Labute approximate surface area is 322 Å². The van der Waals surface area contributed by atoms with Crippen molar-refractivity contribution in [2.75, 3.05) is 53.7 Å². The van der Waals surface area contributed by atoms with Gasteiger partial charge in [-0.2, -0.15) is 0 Å². The fourth-order valence-electron chi connectivity index (χ4n) is 7.89. The van der Waals surface area contributed by atoms with Gasteiger partial charge >= 0.3 is 11.9 Å². The first kappa shape index (κ1) is 36.9. The molecule has 5 aromatic rings. The largest absolute Gasteiger partial charge is 0.493 e. The zero-order chi connectivity index (χ0) is 39.3. The number of ether oxygens (including phenoxy) is 7. The number of methoxy groups -OCH3 is 3. The minimum Gasteiger partial charge on any atom is -0.493 e. The molecule has 4 atom stereocenters. The van der Waals surface area contributed by atoms with Crippen molar-refractivity contribution in [1.82, 2.24) is 19.7 Å². The first-order chi connectivity index (χ1) is 27.0. The van der Waals surface area contributed by atoms with Crippen LogP contribution < -0.4 is 33.3 Å². The summed E-state index contributed by atoms with van der Waals surface area (Å²) in [4.78, 5) is 29.2. The van der Waals surface area contributed by atoms with Gasteiger partial charge in [-0.15, -0.1) is 5.10 Å². The van der Waals surface area contributed by atoms with Gasteiger partial charge in [-0.05, 0) is 47.5 Å². The lowest BCUT2D eigenvalue weighted by Gasteiger charge is -2.38. The molecule has 1 saturated heterocycles. The second kappa shape index (κ2) is 14.5. The summed E-state index contributed by atoms with van der Waals surface area (Å²) in [5.74, 6) is -0.791. The van der Waals surface area contributed by atoms with Crippen LogP contribution in [0.2, 0.25) is 0 Å². The van der Waals surface area contributed by atoms with Crippen molar-refractivity contribution in [3.63, 3.8) is 0 Å². The molecule has 0 saturated carbocycles. The molecule has 3 heterocycles. The molecular weight excluding hydrogens is 747 g/mol. The molecule has 56 heavy (non-hydrogen) atoms. The Morgan fingerprint density at radius 2 is 1.62 bits per heavy atom. The van der Waals surface area contributed by atoms with Crippen LogP contribution in [0.5, 0.6) is 28.7 Å². The van der Waals surface area contributed by atoms with E-state index in [-0.39, 0.29) is 37.1 Å². The molecule has 3 aliphatic rings. The van der Waals surface area contributed by atoms with Crippen LogP contribution in [0, 0.1) is 11.8 Å². The Balaban J connectivity index is 1.04. The second-order valence-corrected chi connectivity index (χ2v) is 15.5. The topological polar surface area (TPSA) is 179 Å². The highest BCUT2D eigenvalue weighted by atomic mass is 32.2. The maximum absolute atomic E-state index is 13.6. The summed E-state index contributed by atoms with van der Waals surface area (Å²) in [6.45, 7) is -0.487. The maximum Gasteiger partial charge on any atom is 0.328 e. The average Bonchev–Trinajstić information content (AvgIpc) is 3.95. The number of carbonyl (C=O) groups excluding carboxylic acids is 2. The number of sulfonamides is 1. The van der Waals surface area contributed by atoms with Gasteiger partial charge in [0.1, 0.15) is 12.6 Å². The Bertz CT molecular complexity index is 2440. The normalized spacial score (nSPS) is 19.6. The lowest BCUT2D eigenvalue weighted by Crippen LogP contribution is -2.37. The predicted molar refractivity (Wildman–Crippen MR) is 200 cm³/mol. The molecule has 1 N–H and O–H groups in total. The van der Waals surface area contributed by atoms with Crippen molar-refractivity contribution < 1.29 is 51.2 Å². The van der Waals surface area contributed by atoms with E-state index in [1.165, 1.54) is 32.2 Å². The summed E-state index contributed by atoms with van der Waals surface area (Å²) in [6, 6.07) is 17.8. The number of benzene rings is 4. The molecule has 0 spiro atoms. The molecule has 2 aliphatic heterocycles. The smallest absolute Gasteiger partial charge is 0.328 e. The van der Waals surface area contributed by atoms with Crippen molar-refractivity contribution in [2.45, 2.75) is 30.0 Å². The Morgan fingerprint density at radius 1 is 0.929 bits per heavy atom. The monoisotopic (exact) mass is 785 g/mol. The molecule has 1 fully saturated rings. The molecular formula is C39H39N5O11S. The summed E-state index contributed by atoms with van der Waals surface area (Å²) in [5.41, 5.74) is 3.18. The van der Waals surface area contributed by atoms with E-state index in [4.69, 9.17) is 33.2 Å². The maximum atomic E-state index is 13.6. The summed E-state index contributed by atoms with van der Waals surface area (Å²) < 4.78 is 70.9. The van der Waals surface area contributed by atoms with Crippen LogP contribution in [0.3, 0.4) is 0 Å². The summed E-state index contributed by atoms with van der Waals surface area (Å²) in [6.07, 6.45) is 0.570. The molecule has 4 aromatic carbocycles. The molecule has 0 unspecified atom stereocenters. The fraction of sp³-hybridized carbons (Fsp3) is 0.333. The molecule has 17 heteroatoms. The van der Waals surface area contributed by atoms with E-state index in [0.717, 1.165) is 11.1 Å². The number of nitrogens with zero attached hydrogens (tertiary/aromatic N) is 4. The third-order valence-corrected chi connectivity index (χ3v) is 11.8. The number of cyclic esters (lactones) is 1. The van der Waals surface area contributed by atoms with E-state index in [1.807, 2.05) is 37.2 Å². The van der Waals surface area contributed by atoms with Crippen molar-refractivity contribution in [2.24, 2.45) is 11.8 Å². The zero-order valence-corrected chi connectivity index (χ0v) is 32.0. The summed E-state index contributed by atoms with van der Waals surface area (Å²) >= 11 is 0. The van der Waals surface area contributed by atoms with Crippen molar-refractivity contribution in [3.8, 4) is 28.7 Å². The number of carbonyl (C=O) groups is 2. The lowest BCUT2D eigenvalue weighted by atomic mass is 9.66. The van der Waals surface area contributed by atoms with E-state index < -0.39 is 45.8 Å². The fourth-order valence-corrected chi connectivity index (χ4v) is 9.11. The van der Waals surface area contributed by atoms with Gasteiger partial charge in [-0.1, -0.05) is 29.5 Å². The molecule has 1 aliphatic carbocycles. The van der Waals surface area contributed by atoms with Crippen molar-refractivity contribution in [3.05, 3.63) is 89.2 Å². The number of fused-ring (bicyclic) bond motifs is 4. The highest BCUT2D eigenvalue weighted by Gasteiger charge is 2.54. The van der Waals surface area contributed by atoms with E-state index in [0.29, 0.717) is 50.8 Å². The zero-order valence-electron chi connectivity index (χ0n) is 31.2. The number of hydrogen-bond donors (Lipinski definition) is 1. The number of anilines is 1. The standard InChI is InChI=1S/C39H39N5O11S/c1-43(2)28-10-6-9-24-23(28)8-7-11-33(24)56(47,48)40-16-22-17-44(42-41-22)18-34(45)55-37-26-15-30-29(53-20-54-30)14-25(26)35(36-27(37)19-52-39(36)46)21-12-31(49-3)38(51-5)32(13-21)50-4/h6-15,17,27,35-37,40H,16,18-20H2,1-5H3/t27-,35+,36-,37-/m0/s1. The minimum absolute atomic E-state index is 0.0105. The highest BCUT2D eigenvalue weighted by Crippen LogP contribution is 2.56. The number of hydrogen-bond acceptors (Lipinski definition) is 14. The van der Waals surface area contributed by atoms with E-state index in [2.05, 4.69) is 15.0 Å². The Hall–Kier alpha value is -6.07. The van der Waals surface area contributed by atoms with Crippen LogP contribution in [0.15, 0.2) is 71.8 Å². The molecule has 8 rings (SSSR count). The molecule has 0 bridgehead atoms. The van der Waals surface area contributed by atoms with Crippen LogP contribution >= 0.6 is 0 Å². The van der Waals surface area contributed by atoms with E-state index in [9.17, 15) is 18.0 Å². The number of esters is 2.